The van der Waals surface area contributed by atoms with Crippen molar-refractivity contribution in [3.63, 3.8) is 0 Å². The molecular weight excluding hydrogens is 244 g/mol. The second-order valence-electron chi connectivity index (χ2n) is 5.23. The van der Waals surface area contributed by atoms with Crippen LogP contribution in [0.2, 0.25) is 0 Å². The summed E-state index contributed by atoms with van der Waals surface area (Å²) in [6.07, 6.45) is 11.0. The van der Waals surface area contributed by atoms with E-state index in [4.69, 9.17) is 9.47 Å². The van der Waals surface area contributed by atoms with Crippen LogP contribution in [-0.2, 0) is 22.6 Å². The van der Waals surface area contributed by atoms with Crippen LogP contribution in [0.25, 0.3) is 0 Å². The van der Waals surface area contributed by atoms with E-state index in [0.29, 0.717) is 0 Å². The Labute approximate surface area is 112 Å². The Morgan fingerprint density at radius 2 is 1.42 bits per heavy atom. The number of hydrogen-bond donors (Lipinski definition) is 0. The summed E-state index contributed by atoms with van der Waals surface area (Å²) in [6, 6.07) is 0. The molecule has 0 aliphatic carbocycles. The van der Waals surface area contributed by atoms with Gasteiger partial charge in [-0.2, -0.15) is 0 Å². The zero-order valence-corrected chi connectivity index (χ0v) is 11.1. The Bertz CT molecular complexity index is 461. The summed E-state index contributed by atoms with van der Waals surface area (Å²) in [5.74, 6) is -0.545. The average molecular weight is 262 g/mol. The number of aromatic nitrogens is 4. The zero-order valence-electron chi connectivity index (χ0n) is 11.1. The van der Waals surface area contributed by atoms with Gasteiger partial charge in [0.2, 0.25) is 0 Å². The van der Waals surface area contributed by atoms with Crippen LogP contribution in [0.15, 0.2) is 37.4 Å². The molecule has 1 aliphatic heterocycles. The molecular formula is C13H18N4O2. The topological polar surface area (TPSA) is 54.1 Å². The van der Waals surface area contributed by atoms with Crippen LogP contribution in [0, 0.1) is 0 Å². The van der Waals surface area contributed by atoms with E-state index in [9.17, 15) is 0 Å². The summed E-state index contributed by atoms with van der Waals surface area (Å²) in [5, 5.41) is 0. The molecule has 2 atom stereocenters. The number of imidazole rings is 2. The Hall–Kier alpha value is -1.66. The van der Waals surface area contributed by atoms with Gasteiger partial charge in [0.25, 0.3) is 0 Å². The fourth-order valence-corrected chi connectivity index (χ4v) is 2.42. The molecule has 0 radical (unpaired) electrons. The lowest BCUT2D eigenvalue weighted by atomic mass is 10.2. The van der Waals surface area contributed by atoms with Crippen LogP contribution in [0.5, 0.6) is 0 Å². The van der Waals surface area contributed by atoms with Crippen LogP contribution >= 0.6 is 0 Å². The second-order valence-corrected chi connectivity index (χ2v) is 5.23. The lowest BCUT2D eigenvalue weighted by Crippen LogP contribution is -2.30. The van der Waals surface area contributed by atoms with Gasteiger partial charge in [0.15, 0.2) is 5.79 Å². The van der Waals surface area contributed by atoms with E-state index >= 15 is 0 Å². The third kappa shape index (κ3) is 2.85. The van der Waals surface area contributed by atoms with Crippen molar-refractivity contribution in [2.75, 3.05) is 0 Å². The molecule has 2 aromatic rings. The fraction of sp³-hybridized carbons (Fsp3) is 0.538. The lowest BCUT2D eigenvalue weighted by molar-refractivity contribution is -0.148. The van der Waals surface area contributed by atoms with Crippen LogP contribution in [-0.4, -0.2) is 37.1 Å². The van der Waals surface area contributed by atoms with Gasteiger partial charge in [-0.3, -0.25) is 0 Å². The molecule has 0 saturated carbocycles. The highest BCUT2D eigenvalue weighted by Crippen LogP contribution is 2.29. The van der Waals surface area contributed by atoms with Crippen LogP contribution in [0.3, 0.4) is 0 Å². The van der Waals surface area contributed by atoms with E-state index in [0.717, 1.165) is 13.1 Å². The van der Waals surface area contributed by atoms with Crippen molar-refractivity contribution in [1.29, 1.82) is 0 Å². The van der Waals surface area contributed by atoms with E-state index < -0.39 is 5.79 Å². The van der Waals surface area contributed by atoms with Gasteiger partial charge < -0.3 is 18.6 Å². The molecule has 0 bridgehead atoms. The van der Waals surface area contributed by atoms with Crippen molar-refractivity contribution in [2.45, 2.75) is 44.9 Å². The van der Waals surface area contributed by atoms with Crippen LogP contribution in [0.1, 0.15) is 13.8 Å². The number of rotatable bonds is 4. The molecule has 3 heterocycles. The molecule has 1 saturated heterocycles. The average Bonchev–Trinajstić information content (AvgIpc) is 3.02. The van der Waals surface area contributed by atoms with Gasteiger partial charge in [0.1, 0.15) is 12.2 Å². The monoisotopic (exact) mass is 262 g/mol. The largest absolute Gasteiger partial charge is 0.343 e. The third-order valence-corrected chi connectivity index (χ3v) is 3.18. The molecule has 19 heavy (non-hydrogen) atoms. The first-order valence-corrected chi connectivity index (χ1v) is 6.39. The zero-order chi connectivity index (χ0) is 13.3. The van der Waals surface area contributed by atoms with Gasteiger partial charge in [0.05, 0.1) is 25.7 Å². The first-order chi connectivity index (χ1) is 9.12. The van der Waals surface area contributed by atoms with Gasteiger partial charge in [-0.05, 0) is 13.8 Å². The standard InChI is InChI=1S/C13H18N4O2/c1-13(2)18-11(7-16-5-3-14-9-16)12(19-13)8-17-6-4-15-10-17/h3-6,9-12H,7-8H2,1-2H3/t11-,12-/m0/s1. The summed E-state index contributed by atoms with van der Waals surface area (Å²) >= 11 is 0. The quantitative estimate of drug-likeness (QED) is 0.833. The van der Waals surface area contributed by atoms with Crippen LogP contribution < -0.4 is 0 Å². The first kappa shape index (κ1) is 12.4. The third-order valence-electron chi connectivity index (χ3n) is 3.18. The van der Waals surface area contributed by atoms with Crippen molar-refractivity contribution >= 4 is 0 Å². The molecule has 3 rings (SSSR count). The first-order valence-electron chi connectivity index (χ1n) is 6.39. The molecule has 0 aromatic carbocycles. The van der Waals surface area contributed by atoms with Gasteiger partial charge >= 0.3 is 0 Å². The Morgan fingerprint density at radius 1 is 0.947 bits per heavy atom. The maximum absolute atomic E-state index is 5.98. The molecule has 102 valence electrons. The molecule has 1 aliphatic rings. The van der Waals surface area contributed by atoms with Crippen molar-refractivity contribution in [3.8, 4) is 0 Å². The molecule has 0 amide bonds. The highest BCUT2D eigenvalue weighted by atomic mass is 16.8. The summed E-state index contributed by atoms with van der Waals surface area (Å²) in [6.45, 7) is 5.37. The highest BCUT2D eigenvalue weighted by Gasteiger charge is 2.41. The number of ether oxygens (including phenoxy) is 2. The fourth-order valence-electron chi connectivity index (χ4n) is 2.42. The predicted molar refractivity (Wildman–Crippen MR) is 68.3 cm³/mol. The molecule has 0 N–H and O–H groups in total. The maximum atomic E-state index is 5.98. The van der Waals surface area contributed by atoms with E-state index in [2.05, 4.69) is 9.97 Å². The summed E-state index contributed by atoms with van der Waals surface area (Å²) in [7, 11) is 0. The molecule has 0 unspecified atom stereocenters. The Balaban J connectivity index is 1.72. The minimum atomic E-state index is -0.545. The minimum Gasteiger partial charge on any atom is -0.343 e. The minimum absolute atomic E-state index is 0.00611. The van der Waals surface area contributed by atoms with E-state index in [1.807, 2.05) is 35.4 Å². The SMILES string of the molecule is CC1(C)O[C@@H](Cn2ccnc2)[C@H](Cn2ccnc2)O1. The van der Waals surface area contributed by atoms with Gasteiger partial charge in [0, 0.05) is 24.8 Å². The molecule has 2 aromatic heterocycles. The van der Waals surface area contributed by atoms with Crippen molar-refractivity contribution in [3.05, 3.63) is 37.4 Å². The molecule has 0 spiro atoms. The second kappa shape index (κ2) is 4.79. The van der Waals surface area contributed by atoms with Crippen molar-refractivity contribution < 1.29 is 9.47 Å². The maximum Gasteiger partial charge on any atom is 0.163 e. The molecule has 6 heteroatoms. The highest BCUT2D eigenvalue weighted by molar-refractivity contribution is 4.86. The van der Waals surface area contributed by atoms with E-state index in [1.54, 1.807) is 25.0 Å². The smallest absolute Gasteiger partial charge is 0.163 e. The molecule has 1 fully saturated rings. The molecule has 6 nitrogen and oxygen atoms in total. The normalized spacial score (nSPS) is 25.8. The van der Waals surface area contributed by atoms with E-state index in [-0.39, 0.29) is 12.2 Å². The van der Waals surface area contributed by atoms with Gasteiger partial charge in [-0.25, -0.2) is 9.97 Å². The summed E-state index contributed by atoms with van der Waals surface area (Å²) in [4.78, 5) is 8.11. The lowest BCUT2D eigenvalue weighted by Gasteiger charge is -2.17. The van der Waals surface area contributed by atoms with Gasteiger partial charge in [-0.1, -0.05) is 0 Å². The Morgan fingerprint density at radius 3 is 1.79 bits per heavy atom. The number of nitrogens with zero attached hydrogens (tertiary/aromatic N) is 4. The summed E-state index contributed by atoms with van der Waals surface area (Å²) in [5.41, 5.74) is 0. The van der Waals surface area contributed by atoms with E-state index in [1.165, 1.54) is 0 Å². The summed E-state index contributed by atoms with van der Waals surface area (Å²) < 4.78 is 16.0. The number of hydrogen-bond acceptors (Lipinski definition) is 4. The predicted octanol–water partition coefficient (Wildman–Crippen LogP) is 1.30. The Kier molecular flexibility index (Phi) is 3.12. The van der Waals surface area contributed by atoms with Crippen LogP contribution in [0.4, 0.5) is 0 Å². The van der Waals surface area contributed by atoms with Crippen molar-refractivity contribution in [1.82, 2.24) is 19.1 Å². The van der Waals surface area contributed by atoms with Gasteiger partial charge in [-0.15, -0.1) is 0 Å². The van der Waals surface area contributed by atoms with Crippen molar-refractivity contribution in [2.24, 2.45) is 0 Å².